The Morgan fingerprint density at radius 2 is 1.81 bits per heavy atom. The monoisotopic (exact) mass is 268 g/mol. The fourth-order valence-electron chi connectivity index (χ4n) is 0.916. The average Bonchev–Trinajstić information content (AvgIpc) is 2.17. The van der Waals surface area contributed by atoms with E-state index in [2.05, 4.69) is 0 Å². The average molecular weight is 269 g/mol. The van der Waals surface area contributed by atoms with Crippen LogP contribution in [0.1, 0.15) is 10.4 Å². The van der Waals surface area contributed by atoms with Crippen molar-refractivity contribution in [2.75, 3.05) is 0 Å². The van der Waals surface area contributed by atoms with Gasteiger partial charge in [-0.1, -0.05) is 23.2 Å². The molecule has 0 saturated heterocycles. The molecular weight excluding hydrogens is 264 g/mol. The number of hydrogen-bond acceptors (Lipinski definition) is 1. The molecule has 86 valence electrons. The molecule has 6 heteroatoms. The van der Waals surface area contributed by atoms with E-state index in [9.17, 15) is 18.0 Å². The van der Waals surface area contributed by atoms with Gasteiger partial charge in [0.15, 0.2) is 5.78 Å². The zero-order valence-corrected chi connectivity index (χ0v) is 9.20. The molecule has 0 N–H and O–H groups in total. The van der Waals surface area contributed by atoms with Gasteiger partial charge in [-0.3, -0.25) is 4.79 Å². The summed E-state index contributed by atoms with van der Waals surface area (Å²) >= 11 is 11.2. The molecule has 16 heavy (non-hydrogen) atoms. The van der Waals surface area contributed by atoms with E-state index in [4.69, 9.17) is 23.2 Å². The molecule has 0 aromatic heterocycles. The number of rotatable bonds is 2. The van der Waals surface area contributed by atoms with Crippen LogP contribution in [0.5, 0.6) is 0 Å². The van der Waals surface area contributed by atoms with Crippen molar-refractivity contribution in [2.24, 2.45) is 0 Å². The van der Waals surface area contributed by atoms with Crippen LogP contribution in [-0.4, -0.2) is 12.0 Å². The molecule has 0 bridgehead atoms. The van der Waals surface area contributed by atoms with Crippen LogP contribution in [0.4, 0.5) is 13.2 Å². The highest BCUT2D eigenvalue weighted by atomic mass is 35.5. The van der Waals surface area contributed by atoms with Crippen LogP contribution in [0, 0.1) is 0 Å². The predicted octanol–water partition coefficient (Wildman–Crippen LogP) is 4.29. The second kappa shape index (κ2) is 4.89. The zero-order chi connectivity index (χ0) is 12.3. The summed E-state index contributed by atoms with van der Waals surface area (Å²) in [7, 11) is 0. The number of carbonyl (C=O) groups excluding carboxylic acids is 1. The molecule has 1 rings (SSSR count). The lowest BCUT2D eigenvalue weighted by Gasteiger charge is -2.00. The molecular formula is C10H5Cl2F3O. The van der Waals surface area contributed by atoms with E-state index in [-0.39, 0.29) is 21.7 Å². The van der Waals surface area contributed by atoms with Crippen molar-refractivity contribution >= 4 is 29.0 Å². The van der Waals surface area contributed by atoms with Gasteiger partial charge in [0.1, 0.15) is 0 Å². The highest BCUT2D eigenvalue weighted by Crippen LogP contribution is 2.23. The third-order valence-electron chi connectivity index (χ3n) is 1.63. The van der Waals surface area contributed by atoms with Crippen molar-refractivity contribution in [1.29, 1.82) is 0 Å². The topological polar surface area (TPSA) is 17.1 Å². The Kier molecular flexibility index (Phi) is 3.99. The summed E-state index contributed by atoms with van der Waals surface area (Å²) in [6, 6.07) is 3.86. The summed E-state index contributed by atoms with van der Waals surface area (Å²) in [5.41, 5.74) is 0.0508. The molecule has 0 atom stereocenters. The zero-order valence-electron chi connectivity index (χ0n) is 7.68. The minimum atomic E-state index is -4.51. The van der Waals surface area contributed by atoms with E-state index in [0.29, 0.717) is 6.08 Å². The Labute approximate surface area is 99.5 Å². The second-order valence-corrected chi connectivity index (χ2v) is 3.68. The summed E-state index contributed by atoms with van der Waals surface area (Å²) in [6.45, 7) is 0. The first-order valence-electron chi connectivity index (χ1n) is 4.05. The van der Waals surface area contributed by atoms with Crippen molar-refractivity contribution in [3.63, 3.8) is 0 Å². The van der Waals surface area contributed by atoms with Crippen LogP contribution in [-0.2, 0) is 0 Å². The molecule has 0 aliphatic rings. The lowest BCUT2D eigenvalue weighted by Crippen LogP contribution is -2.03. The van der Waals surface area contributed by atoms with E-state index in [1.807, 2.05) is 0 Å². The summed E-state index contributed by atoms with van der Waals surface area (Å²) in [5.74, 6) is -0.782. The van der Waals surface area contributed by atoms with Gasteiger partial charge in [-0.15, -0.1) is 0 Å². The first-order chi connectivity index (χ1) is 7.29. The Hall–Kier alpha value is -1.00. The van der Waals surface area contributed by atoms with Crippen molar-refractivity contribution < 1.29 is 18.0 Å². The number of alkyl halides is 3. The van der Waals surface area contributed by atoms with Crippen LogP contribution < -0.4 is 0 Å². The fraction of sp³-hybridized carbons (Fsp3) is 0.100. The number of halogens is 5. The van der Waals surface area contributed by atoms with Crippen molar-refractivity contribution in [3.8, 4) is 0 Å². The van der Waals surface area contributed by atoms with Gasteiger partial charge in [0, 0.05) is 11.6 Å². The Bertz CT molecular complexity index is 438. The molecule has 1 nitrogen and oxygen atoms in total. The van der Waals surface area contributed by atoms with Gasteiger partial charge in [-0.2, -0.15) is 13.2 Å². The lowest BCUT2D eigenvalue weighted by atomic mass is 10.1. The Balaban J connectivity index is 2.90. The van der Waals surface area contributed by atoms with E-state index in [1.165, 1.54) is 18.2 Å². The van der Waals surface area contributed by atoms with Crippen molar-refractivity contribution in [3.05, 3.63) is 46.0 Å². The van der Waals surface area contributed by atoms with Crippen LogP contribution in [0.3, 0.4) is 0 Å². The van der Waals surface area contributed by atoms with E-state index >= 15 is 0 Å². The molecule has 0 amide bonds. The molecule has 0 heterocycles. The minimum Gasteiger partial charge on any atom is -0.289 e. The number of benzene rings is 1. The van der Waals surface area contributed by atoms with Crippen LogP contribution in [0.25, 0.3) is 0 Å². The van der Waals surface area contributed by atoms with Gasteiger partial charge in [0.05, 0.1) is 10.0 Å². The molecule has 0 spiro atoms. The van der Waals surface area contributed by atoms with Crippen molar-refractivity contribution in [2.45, 2.75) is 6.18 Å². The first-order valence-corrected chi connectivity index (χ1v) is 4.80. The van der Waals surface area contributed by atoms with Crippen LogP contribution >= 0.6 is 23.2 Å². The lowest BCUT2D eigenvalue weighted by molar-refractivity contribution is -0.0799. The maximum absolute atomic E-state index is 11.8. The molecule has 0 aliphatic carbocycles. The Morgan fingerprint density at radius 3 is 2.31 bits per heavy atom. The molecule has 1 aromatic rings. The maximum Gasteiger partial charge on any atom is 0.409 e. The van der Waals surface area contributed by atoms with Gasteiger partial charge in [0.2, 0.25) is 0 Å². The van der Waals surface area contributed by atoms with Crippen LogP contribution in [0.2, 0.25) is 10.0 Å². The maximum atomic E-state index is 11.8. The molecule has 0 aliphatic heterocycles. The van der Waals surface area contributed by atoms with E-state index in [1.54, 1.807) is 0 Å². The molecule has 0 unspecified atom stereocenters. The normalized spacial score (nSPS) is 12.1. The highest BCUT2D eigenvalue weighted by molar-refractivity contribution is 6.42. The summed E-state index contributed by atoms with van der Waals surface area (Å²) in [4.78, 5) is 11.3. The molecule has 0 saturated carbocycles. The largest absolute Gasteiger partial charge is 0.409 e. The second-order valence-electron chi connectivity index (χ2n) is 2.87. The predicted molar refractivity (Wildman–Crippen MR) is 56.0 cm³/mol. The standard InChI is InChI=1S/C10H5Cl2F3O/c11-7-2-1-6(5-8(7)12)9(16)3-4-10(13,14)15/h1-5H/b4-3+. The molecule has 1 aromatic carbocycles. The van der Waals surface area contributed by atoms with Gasteiger partial charge in [-0.05, 0) is 24.3 Å². The number of hydrogen-bond donors (Lipinski definition) is 0. The number of carbonyl (C=O) groups is 1. The fourth-order valence-corrected chi connectivity index (χ4v) is 1.21. The third kappa shape index (κ3) is 3.87. The smallest absolute Gasteiger partial charge is 0.289 e. The SMILES string of the molecule is O=C(/C=C/C(F)(F)F)c1ccc(Cl)c(Cl)c1. The molecule has 0 radical (unpaired) electrons. The molecule has 0 fully saturated rings. The van der Waals surface area contributed by atoms with E-state index < -0.39 is 12.0 Å². The van der Waals surface area contributed by atoms with Crippen LogP contribution in [0.15, 0.2) is 30.4 Å². The van der Waals surface area contributed by atoms with Crippen molar-refractivity contribution in [1.82, 2.24) is 0 Å². The van der Waals surface area contributed by atoms with Gasteiger partial charge >= 0.3 is 6.18 Å². The first kappa shape index (κ1) is 13.1. The summed E-state index contributed by atoms with van der Waals surface area (Å²) in [5, 5.41) is 0.353. The highest BCUT2D eigenvalue weighted by Gasteiger charge is 2.22. The third-order valence-corrected chi connectivity index (χ3v) is 2.37. The quantitative estimate of drug-likeness (QED) is 0.578. The summed E-state index contributed by atoms with van der Waals surface area (Å²) < 4.78 is 35.4. The van der Waals surface area contributed by atoms with E-state index in [0.717, 1.165) is 0 Å². The van der Waals surface area contributed by atoms with Gasteiger partial charge in [0.25, 0.3) is 0 Å². The number of allylic oxidation sites excluding steroid dienone is 2. The summed E-state index contributed by atoms with van der Waals surface area (Å²) in [6.07, 6.45) is -4.19. The van der Waals surface area contributed by atoms with Gasteiger partial charge in [-0.25, -0.2) is 0 Å². The van der Waals surface area contributed by atoms with Gasteiger partial charge < -0.3 is 0 Å². The minimum absolute atomic E-state index is 0.0508. The Morgan fingerprint density at radius 1 is 1.19 bits per heavy atom. The number of ketones is 1.